The van der Waals surface area contributed by atoms with Gasteiger partial charge in [-0.15, -0.1) is 0 Å². The Hall–Kier alpha value is -0.840. The third-order valence-corrected chi connectivity index (χ3v) is 2.60. The normalized spacial score (nSPS) is 22.1. The molecule has 1 unspecified atom stereocenters. The fourth-order valence-electron chi connectivity index (χ4n) is 0.916. The van der Waals surface area contributed by atoms with Gasteiger partial charge in [-0.05, 0) is 0 Å². The zero-order valence-electron chi connectivity index (χ0n) is 7.85. The van der Waals surface area contributed by atoms with Gasteiger partial charge in [0.15, 0.2) is 0 Å². The molecule has 2 N–H and O–H groups in total. The van der Waals surface area contributed by atoms with Crippen LogP contribution in [0, 0.1) is 0 Å². The average molecular weight is 261 g/mol. The first-order chi connectivity index (χ1) is 7.25. The maximum Gasteiger partial charge on any atom is 0.446 e. The zero-order chi connectivity index (χ0) is 12.4. The molecule has 1 rings (SSSR count). The van der Waals surface area contributed by atoms with Crippen LogP contribution in [0.1, 0.15) is 0 Å². The summed E-state index contributed by atoms with van der Waals surface area (Å²) in [6.07, 6.45) is -0.610. The summed E-state index contributed by atoms with van der Waals surface area (Å²) >= 11 is 0. The van der Waals surface area contributed by atoms with E-state index in [9.17, 15) is 22.0 Å². The molecule has 1 aliphatic heterocycles. The van der Waals surface area contributed by atoms with Gasteiger partial charge in [0, 0.05) is 6.54 Å². The van der Waals surface area contributed by atoms with Crippen LogP contribution in [0.5, 0.6) is 0 Å². The first kappa shape index (κ1) is 13.2. The minimum absolute atomic E-state index is 0.0186. The molecule has 0 spiro atoms. The van der Waals surface area contributed by atoms with Gasteiger partial charge in [0.2, 0.25) is 0 Å². The predicted molar refractivity (Wildman–Crippen MR) is 45.2 cm³/mol. The van der Waals surface area contributed by atoms with Crippen molar-refractivity contribution in [1.29, 1.82) is 0 Å². The van der Waals surface area contributed by atoms with Crippen LogP contribution in [0.15, 0.2) is 0 Å². The molecule has 1 heterocycles. The third-order valence-electron chi connectivity index (χ3n) is 1.77. The smallest absolute Gasteiger partial charge is 0.353 e. The molecule has 94 valence electrons. The van der Waals surface area contributed by atoms with Gasteiger partial charge in [0.05, 0.1) is 6.61 Å². The first-order valence-corrected chi connectivity index (χ1v) is 5.51. The maximum absolute atomic E-state index is 12.7. The minimum atomic E-state index is -5.76. The first-order valence-electron chi connectivity index (χ1n) is 4.07. The van der Waals surface area contributed by atoms with Crippen molar-refractivity contribution < 1.29 is 36.0 Å². The van der Waals surface area contributed by atoms with Gasteiger partial charge in [0.1, 0.15) is 12.9 Å². The van der Waals surface area contributed by atoms with E-state index >= 15 is 0 Å². The Balaban J connectivity index is 2.51. The lowest BCUT2D eigenvalue weighted by Crippen LogP contribution is -2.47. The van der Waals surface area contributed by atoms with Crippen LogP contribution in [0.2, 0.25) is 0 Å². The highest BCUT2D eigenvalue weighted by Gasteiger charge is 2.52. The van der Waals surface area contributed by atoms with E-state index in [0.29, 0.717) is 0 Å². The van der Waals surface area contributed by atoms with Crippen molar-refractivity contribution in [2.45, 2.75) is 11.4 Å². The van der Waals surface area contributed by atoms with Crippen LogP contribution in [0.3, 0.4) is 0 Å². The Bertz CT molecular complexity index is 363. The Kier molecular flexibility index (Phi) is 3.78. The summed E-state index contributed by atoms with van der Waals surface area (Å²) in [6, 6.07) is 0. The molecule has 0 radical (unpaired) electrons. The molecule has 0 aromatic carbocycles. The van der Waals surface area contributed by atoms with Crippen LogP contribution in [-0.4, -0.2) is 50.2 Å². The summed E-state index contributed by atoms with van der Waals surface area (Å²) in [5.74, 6) is -2.11. The van der Waals surface area contributed by atoms with Gasteiger partial charge >= 0.3 is 21.3 Å². The van der Waals surface area contributed by atoms with Gasteiger partial charge in [-0.1, -0.05) is 0 Å². The molecule has 7 nitrogen and oxygen atoms in total. The van der Waals surface area contributed by atoms with Crippen molar-refractivity contribution in [3.63, 3.8) is 0 Å². The number of hydrogen-bond donors (Lipinski definition) is 2. The van der Waals surface area contributed by atoms with Crippen LogP contribution < -0.4 is 5.32 Å². The van der Waals surface area contributed by atoms with E-state index in [2.05, 4.69) is 0 Å². The van der Waals surface area contributed by atoms with Gasteiger partial charge in [0.25, 0.3) is 0 Å². The second-order valence-electron chi connectivity index (χ2n) is 2.98. The lowest BCUT2D eigenvalue weighted by molar-refractivity contribution is -0.136. The number of alkyl halides is 2. The summed E-state index contributed by atoms with van der Waals surface area (Å²) in [4.78, 5) is 10.8. The molecule has 0 bridgehead atoms. The van der Waals surface area contributed by atoms with E-state index in [4.69, 9.17) is 14.0 Å². The molecule has 0 aromatic rings. The lowest BCUT2D eigenvalue weighted by atomic mass is 10.4. The summed E-state index contributed by atoms with van der Waals surface area (Å²) in [5, 5.41) is -3.23. The molecule has 10 heteroatoms. The molecular weight excluding hydrogens is 252 g/mol. The number of carbonyl (C=O) groups is 1. The molecule has 0 saturated carbocycles. The minimum Gasteiger partial charge on any atom is -0.353 e. The third kappa shape index (κ3) is 2.84. The Morgan fingerprint density at radius 3 is 2.62 bits per heavy atom. The summed E-state index contributed by atoms with van der Waals surface area (Å²) in [7, 11) is -5.76. The summed E-state index contributed by atoms with van der Waals surface area (Å²) in [5.41, 5.74) is 0. The molecule has 16 heavy (non-hydrogen) atoms. The van der Waals surface area contributed by atoms with E-state index in [-0.39, 0.29) is 19.9 Å². The Morgan fingerprint density at radius 2 is 2.19 bits per heavy atom. The summed E-state index contributed by atoms with van der Waals surface area (Å²) in [6.45, 7) is -0.239. The van der Waals surface area contributed by atoms with E-state index in [1.165, 1.54) is 0 Å². The number of rotatable bonds is 4. The molecule has 1 saturated heterocycles. The molecule has 1 fully saturated rings. The molecule has 1 atom stereocenters. The predicted octanol–water partition coefficient (Wildman–Crippen LogP) is -1.04. The van der Waals surface area contributed by atoms with Crippen LogP contribution in [0.25, 0.3) is 0 Å². The van der Waals surface area contributed by atoms with E-state index in [1.54, 1.807) is 5.32 Å². The van der Waals surface area contributed by atoms with Gasteiger partial charge in [-0.3, -0.25) is 9.35 Å². The zero-order valence-corrected chi connectivity index (χ0v) is 8.67. The second-order valence-corrected chi connectivity index (χ2v) is 4.44. The number of amides is 1. The number of nitrogens with one attached hydrogen (secondary N) is 1. The fraction of sp³-hybridized carbons (Fsp3) is 0.833. The van der Waals surface area contributed by atoms with Crippen molar-refractivity contribution in [3.05, 3.63) is 0 Å². The highest BCUT2D eigenvalue weighted by molar-refractivity contribution is 7.87. The quantitative estimate of drug-likeness (QED) is 0.626. The lowest BCUT2D eigenvalue weighted by Gasteiger charge is -2.14. The van der Waals surface area contributed by atoms with Gasteiger partial charge in [-0.2, -0.15) is 17.2 Å². The highest BCUT2D eigenvalue weighted by atomic mass is 32.2. The Labute approximate surface area is 89.5 Å². The SMILES string of the molecule is O=C(NCC1COCO1)C(F)(F)S(=O)(=O)O. The largest absolute Gasteiger partial charge is 0.446 e. The van der Waals surface area contributed by atoms with E-state index in [1.807, 2.05) is 0 Å². The molecule has 0 aromatic heterocycles. The number of hydrogen-bond acceptors (Lipinski definition) is 5. The van der Waals surface area contributed by atoms with Crippen molar-refractivity contribution in [2.75, 3.05) is 19.9 Å². The molecule has 1 aliphatic rings. The van der Waals surface area contributed by atoms with Crippen molar-refractivity contribution in [1.82, 2.24) is 5.32 Å². The molecular formula is C6H9F2NO6S. The molecule has 0 aliphatic carbocycles. The number of carbonyl (C=O) groups excluding carboxylic acids is 1. The van der Waals surface area contributed by atoms with Gasteiger partial charge < -0.3 is 14.8 Å². The number of halogens is 2. The van der Waals surface area contributed by atoms with E-state index < -0.39 is 27.4 Å². The second kappa shape index (κ2) is 4.57. The van der Waals surface area contributed by atoms with Crippen molar-refractivity contribution >= 4 is 16.0 Å². The van der Waals surface area contributed by atoms with Crippen LogP contribution in [-0.2, 0) is 24.4 Å². The monoisotopic (exact) mass is 261 g/mol. The topological polar surface area (TPSA) is 102 Å². The maximum atomic E-state index is 12.7. The highest BCUT2D eigenvalue weighted by Crippen LogP contribution is 2.20. The van der Waals surface area contributed by atoms with E-state index in [0.717, 1.165) is 0 Å². The van der Waals surface area contributed by atoms with Crippen molar-refractivity contribution in [3.8, 4) is 0 Å². The van der Waals surface area contributed by atoms with Crippen LogP contribution in [0.4, 0.5) is 8.78 Å². The van der Waals surface area contributed by atoms with Crippen molar-refractivity contribution in [2.24, 2.45) is 0 Å². The molecule has 1 amide bonds. The number of ether oxygens (including phenoxy) is 2. The van der Waals surface area contributed by atoms with Crippen LogP contribution >= 0.6 is 0 Å². The van der Waals surface area contributed by atoms with Gasteiger partial charge in [-0.25, -0.2) is 0 Å². The summed E-state index contributed by atoms with van der Waals surface area (Å²) < 4.78 is 63.3. The fourth-order valence-corrected chi connectivity index (χ4v) is 1.22. The average Bonchev–Trinajstić information content (AvgIpc) is 2.64. The standard InChI is InChI=1S/C6H9F2NO6S/c7-6(8,16(11,12)13)5(10)9-1-4-2-14-3-15-4/h4H,1-3H2,(H,9,10)(H,11,12,13). The Morgan fingerprint density at radius 1 is 1.56 bits per heavy atom.